The molecule has 140 valence electrons. The van der Waals surface area contributed by atoms with E-state index in [2.05, 4.69) is 5.32 Å². The van der Waals surface area contributed by atoms with Crippen molar-refractivity contribution in [3.05, 3.63) is 24.3 Å². The second-order valence-electron chi connectivity index (χ2n) is 6.97. The number of nitrogens with one attached hydrogen (secondary N) is 1. The summed E-state index contributed by atoms with van der Waals surface area (Å²) in [5, 5.41) is 12.0. The Morgan fingerprint density at radius 1 is 1.15 bits per heavy atom. The molecule has 2 aliphatic rings. The van der Waals surface area contributed by atoms with Crippen molar-refractivity contribution in [2.45, 2.75) is 38.1 Å². The number of ether oxygens (including phenoxy) is 1. The molecule has 26 heavy (non-hydrogen) atoms. The van der Waals surface area contributed by atoms with Crippen molar-refractivity contribution in [3.63, 3.8) is 0 Å². The third kappa shape index (κ3) is 3.81. The molecule has 7 heteroatoms. The summed E-state index contributed by atoms with van der Waals surface area (Å²) in [6, 6.07) is 7.26. The Bertz CT molecular complexity index is 697. The molecule has 0 spiro atoms. The molecule has 0 bridgehead atoms. The van der Waals surface area contributed by atoms with Crippen LogP contribution in [0.15, 0.2) is 24.3 Å². The lowest BCUT2D eigenvalue weighted by molar-refractivity contribution is -0.142. The Morgan fingerprint density at radius 2 is 1.85 bits per heavy atom. The summed E-state index contributed by atoms with van der Waals surface area (Å²) in [6.07, 6.45) is 2.67. The average Bonchev–Trinajstić information content (AvgIpc) is 3.04. The van der Waals surface area contributed by atoms with Crippen LogP contribution in [0.2, 0.25) is 0 Å². The van der Waals surface area contributed by atoms with E-state index in [-0.39, 0.29) is 30.2 Å². The van der Waals surface area contributed by atoms with Gasteiger partial charge < -0.3 is 20.1 Å². The molecule has 1 aromatic rings. The summed E-state index contributed by atoms with van der Waals surface area (Å²) in [4.78, 5) is 37.6. The van der Waals surface area contributed by atoms with E-state index < -0.39 is 11.9 Å². The molecule has 1 heterocycles. The van der Waals surface area contributed by atoms with Crippen LogP contribution in [0.3, 0.4) is 0 Å². The van der Waals surface area contributed by atoms with E-state index in [1.54, 1.807) is 18.1 Å². The highest BCUT2D eigenvalue weighted by Gasteiger charge is 2.37. The SMILES string of the molecule is COc1ccccc1N1CC(C(=O)NC2CCC(C(=O)O)CC2)CC1=O. The molecule has 3 rings (SSSR count). The van der Waals surface area contributed by atoms with Crippen LogP contribution in [-0.2, 0) is 14.4 Å². The van der Waals surface area contributed by atoms with Crippen molar-refractivity contribution in [3.8, 4) is 5.75 Å². The normalized spacial score (nSPS) is 25.8. The number of methoxy groups -OCH3 is 1. The quantitative estimate of drug-likeness (QED) is 0.835. The van der Waals surface area contributed by atoms with Crippen LogP contribution in [0.25, 0.3) is 0 Å². The minimum atomic E-state index is -0.761. The second kappa shape index (κ2) is 7.76. The number of hydrogen-bond acceptors (Lipinski definition) is 4. The lowest BCUT2D eigenvalue weighted by Gasteiger charge is -2.27. The highest BCUT2D eigenvalue weighted by molar-refractivity contribution is 6.01. The van der Waals surface area contributed by atoms with Gasteiger partial charge in [-0.3, -0.25) is 14.4 Å². The highest BCUT2D eigenvalue weighted by Crippen LogP contribution is 2.33. The zero-order chi connectivity index (χ0) is 18.7. The molecule has 2 N–H and O–H groups in total. The largest absolute Gasteiger partial charge is 0.495 e. The number of carboxylic acid groups (broad SMARTS) is 1. The van der Waals surface area contributed by atoms with Crippen molar-refractivity contribution in [2.24, 2.45) is 11.8 Å². The van der Waals surface area contributed by atoms with Crippen molar-refractivity contribution >= 4 is 23.5 Å². The summed E-state index contributed by atoms with van der Waals surface area (Å²) in [6.45, 7) is 0.329. The molecule has 1 aliphatic carbocycles. The number of carbonyl (C=O) groups excluding carboxylic acids is 2. The van der Waals surface area contributed by atoms with Gasteiger partial charge in [-0.2, -0.15) is 0 Å². The lowest BCUT2D eigenvalue weighted by Crippen LogP contribution is -2.42. The number of carboxylic acids is 1. The number of benzene rings is 1. The monoisotopic (exact) mass is 360 g/mol. The fourth-order valence-corrected chi connectivity index (χ4v) is 3.77. The zero-order valence-corrected chi connectivity index (χ0v) is 14.8. The molecule has 2 amide bonds. The van der Waals surface area contributed by atoms with Gasteiger partial charge in [0.15, 0.2) is 0 Å². The van der Waals surface area contributed by atoms with Crippen LogP contribution in [-0.4, -0.2) is 42.6 Å². The minimum Gasteiger partial charge on any atom is -0.495 e. The van der Waals surface area contributed by atoms with E-state index in [0.29, 0.717) is 43.7 Å². The Labute approximate surface area is 152 Å². The van der Waals surface area contributed by atoms with Crippen LogP contribution in [0.5, 0.6) is 5.75 Å². The number of rotatable bonds is 5. The first-order valence-corrected chi connectivity index (χ1v) is 8.96. The van der Waals surface area contributed by atoms with Gasteiger partial charge in [-0.15, -0.1) is 0 Å². The second-order valence-corrected chi connectivity index (χ2v) is 6.97. The smallest absolute Gasteiger partial charge is 0.306 e. The Kier molecular flexibility index (Phi) is 5.44. The third-order valence-corrected chi connectivity index (χ3v) is 5.29. The number of aliphatic carboxylic acids is 1. The summed E-state index contributed by atoms with van der Waals surface area (Å²) in [7, 11) is 1.55. The standard InChI is InChI=1S/C19H24N2O5/c1-26-16-5-3-2-4-15(16)21-11-13(10-17(21)22)18(23)20-14-8-6-12(7-9-14)19(24)25/h2-5,12-14H,6-11H2,1H3,(H,20,23)(H,24,25). The zero-order valence-electron chi connectivity index (χ0n) is 14.8. The fraction of sp³-hybridized carbons (Fsp3) is 0.526. The predicted octanol–water partition coefficient (Wildman–Crippen LogP) is 1.81. The highest BCUT2D eigenvalue weighted by atomic mass is 16.5. The summed E-state index contributed by atoms with van der Waals surface area (Å²) in [5.41, 5.74) is 0.678. The number of nitrogens with zero attached hydrogens (tertiary/aromatic N) is 1. The van der Waals surface area contributed by atoms with Crippen LogP contribution >= 0.6 is 0 Å². The Balaban J connectivity index is 1.58. The van der Waals surface area contributed by atoms with Gasteiger partial charge in [0, 0.05) is 19.0 Å². The molecular formula is C19H24N2O5. The number of hydrogen-bond donors (Lipinski definition) is 2. The van der Waals surface area contributed by atoms with Gasteiger partial charge in [0.2, 0.25) is 11.8 Å². The lowest BCUT2D eigenvalue weighted by atomic mass is 9.86. The third-order valence-electron chi connectivity index (χ3n) is 5.29. The van der Waals surface area contributed by atoms with Gasteiger partial charge in [0.1, 0.15) is 5.75 Å². The molecule has 1 atom stereocenters. The van der Waals surface area contributed by atoms with Crippen LogP contribution in [0, 0.1) is 11.8 Å². The van der Waals surface area contributed by atoms with E-state index in [1.165, 1.54) is 0 Å². The predicted molar refractivity (Wildman–Crippen MR) is 95.0 cm³/mol. The molecule has 0 radical (unpaired) electrons. The first-order chi connectivity index (χ1) is 12.5. The van der Waals surface area contributed by atoms with E-state index in [0.717, 1.165) is 0 Å². The van der Waals surface area contributed by atoms with Crippen molar-refractivity contribution < 1.29 is 24.2 Å². The molecule has 1 saturated heterocycles. The van der Waals surface area contributed by atoms with Crippen LogP contribution in [0.1, 0.15) is 32.1 Å². The van der Waals surface area contributed by atoms with E-state index in [4.69, 9.17) is 9.84 Å². The number of carbonyl (C=O) groups is 3. The van der Waals surface area contributed by atoms with E-state index >= 15 is 0 Å². The molecule has 1 saturated carbocycles. The Hall–Kier alpha value is -2.57. The van der Waals surface area contributed by atoms with Crippen molar-refractivity contribution in [1.29, 1.82) is 0 Å². The summed E-state index contributed by atoms with van der Waals surface area (Å²) in [5.74, 6) is -1.09. The summed E-state index contributed by atoms with van der Waals surface area (Å²) >= 11 is 0. The number of anilines is 1. The molecule has 7 nitrogen and oxygen atoms in total. The summed E-state index contributed by atoms with van der Waals surface area (Å²) < 4.78 is 5.31. The average molecular weight is 360 g/mol. The van der Waals surface area contributed by atoms with Crippen molar-refractivity contribution in [2.75, 3.05) is 18.6 Å². The van der Waals surface area contributed by atoms with E-state index in [1.807, 2.05) is 18.2 Å². The van der Waals surface area contributed by atoms with Gasteiger partial charge in [-0.25, -0.2) is 0 Å². The first-order valence-electron chi connectivity index (χ1n) is 8.96. The molecule has 1 aromatic carbocycles. The van der Waals surface area contributed by atoms with Gasteiger partial charge in [0.25, 0.3) is 0 Å². The van der Waals surface area contributed by atoms with Gasteiger partial charge in [-0.05, 0) is 37.8 Å². The van der Waals surface area contributed by atoms with E-state index in [9.17, 15) is 14.4 Å². The molecular weight excluding hydrogens is 336 g/mol. The molecule has 1 aliphatic heterocycles. The van der Waals surface area contributed by atoms with Crippen LogP contribution in [0.4, 0.5) is 5.69 Å². The number of para-hydroxylation sites is 2. The van der Waals surface area contributed by atoms with Gasteiger partial charge >= 0.3 is 5.97 Å². The maximum Gasteiger partial charge on any atom is 0.306 e. The van der Waals surface area contributed by atoms with Crippen LogP contribution < -0.4 is 15.0 Å². The fourth-order valence-electron chi connectivity index (χ4n) is 3.77. The van der Waals surface area contributed by atoms with Crippen molar-refractivity contribution in [1.82, 2.24) is 5.32 Å². The van der Waals surface area contributed by atoms with Gasteiger partial charge in [0.05, 0.1) is 24.6 Å². The molecule has 2 fully saturated rings. The topological polar surface area (TPSA) is 95.9 Å². The Morgan fingerprint density at radius 3 is 2.50 bits per heavy atom. The maximum absolute atomic E-state index is 12.6. The molecule has 0 aromatic heterocycles. The minimum absolute atomic E-state index is 0.00601. The first kappa shape index (κ1) is 18.2. The maximum atomic E-state index is 12.6. The molecule has 1 unspecified atom stereocenters. The van der Waals surface area contributed by atoms with Gasteiger partial charge in [-0.1, -0.05) is 12.1 Å². The number of amides is 2.